The lowest BCUT2D eigenvalue weighted by Gasteiger charge is -2.38. The Morgan fingerprint density at radius 3 is 1.97 bits per heavy atom. The van der Waals surface area contributed by atoms with Crippen LogP contribution in [0.5, 0.6) is 0 Å². The van der Waals surface area contributed by atoms with E-state index >= 15 is 4.57 Å². The molecule has 1 unspecified atom stereocenters. The normalized spacial score (nSPS) is 16.3. The summed E-state index contributed by atoms with van der Waals surface area (Å²) in [5.41, 5.74) is 2.12. The number of hydrogen-bond donors (Lipinski definition) is 0. The summed E-state index contributed by atoms with van der Waals surface area (Å²) in [6.07, 6.45) is 0.129. The molecular weight excluding hydrogens is 481 g/mol. The maximum atomic E-state index is 15.1. The summed E-state index contributed by atoms with van der Waals surface area (Å²) in [5, 5.41) is 10.3. The third-order valence-corrected chi connectivity index (χ3v) is 9.78. The molecule has 4 nitrogen and oxygen atoms in total. The number of halogens is 2. The maximum absolute atomic E-state index is 15.1. The largest absolute Gasteiger partial charge is 0.304 e. The van der Waals surface area contributed by atoms with Crippen molar-refractivity contribution in [1.29, 1.82) is 5.26 Å². The van der Waals surface area contributed by atoms with Crippen LogP contribution in [0.1, 0.15) is 17.6 Å². The molecule has 1 fully saturated rings. The predicted molar refractivity (Wildman–Crippen MR) is 127 cm³/mol. The minimum atomic E-state index is -3.25. The third kappa shape index (κ3) is 3.76. The van der Waals surface area contributed by atoms with Crippen molar-refractivity contribution in [2.24, 2.45) is 0 Å². The van der Waals surface area contributed by atoms with Crippen LogP contribution in [-0.4, -0.2) is 13.1 Å². The maximum Gasteiger partial charge on any atom is 0.271 e. The molecule has 0 radical (unpaired) electrons. The van der Waals surface area contributed by atoms with Crippen molar-refractivity contribution in [2.75, 3.05) is 22.4 Å². The number of nitrogens with zero attached hydrogens (tertiary/aromatic N) is 3. The lowest BCUT2D eigenvalue weighted by atomic mass is 10.1. The highest BCUT2D eigenvalue weighted by atomic mass is 79.9. The molecule has 0 saturated carbocycles. The lowest BCUT2D eigenvalue weighted by Crippen LogP contribution is -2.24. The molecule has 0 N–H and O–H groups in total. The monoisotopic (exact) mass is 499 g/mol. The number of hydrogen-bond acceptors (Lipinski definition) is 2. The fraction of sp³-hybridized carbons (Fsp3) is 0.174. The molecule has 30 heavy (non-hydrogen) atoms. The van der Waals surface area contributed by atoms with Gasteiger partial charge in [0.05, 0.1) is 18.1 Å². The molecule has 152 valence electrons. The van der Waals surface area contributed by atoms with Gasteiger partial charge in [0.15, 0.2) is 0 Å². The van der Waals surface area contributed by atoms with E-state index < -0.39 is 13.1 Å². The summed E-state index contributed by atoms with van der Waals surface area (Å²) in [7, 11) is -3.25. The third-order valence-electron chi connectivity index (χ3n) is 5.34. The van der Waals surface area contributed by atoms with E-state index in [0.29, 0.717) is 18.1 Å². The summed E-state index contributed by atoms with van der Waals surface area (Å²) in [6, 6.07) is 27.3. The Balaban J connectivity index is 1.91. The molecule has 3 aromatic rings. The van der Waals surface area contributed by atoms with Crippen molar-refractivity contribution in [2.45, 2.75) is 12.1 Å². The van der Waals surface area contributed by atoms with Gasteiger partial charge in [-0.05, 0) is 42.0 Å². The van der Waals surface area contributed by atoms with Gasteiger partial charge in [-0.1, -0.05) is 70.0 Å². The standard InChI is InChI=1S/C23H20BrClN3OP/c24-22-17-18(25)11-12-21(22)23(13-14-26)30(29)27(19-7-3-1-4-8-19)15-16-28(30)20-9-5-2-6-10-20/h1-12,17,23H,13,15-16H2. The molecule has 4 rings (SSSR count). The van der Waals surface area contributed by atoms with Gasteiger partial charge < -0.3 is 9.34 Å². The molecule has 7 heteroatoms. The zero-order chi connectivity index (χ0) is 21.1. The molecule has 0 aliphatic carbocycles. The second-order valence-electron chi connectivity index (χ2n) is 7.05. The number of benzene rings is 3. The molecule has 0 aromatic heterocycles. The van der Waals surface area contributed by atoms with E-state index in [9.17, 15) is 5.26 Å². The fourth-order valence-electron chi connectivity index (χ4n) is 4.00. The van der Waals surface area contributed by atoms with Crippen LogP contribution in [0.15, 0.2) is 83.3 Å². The van der Waals surface area contributed by atoms with Gasteiger partial charge in [0.25, 0.3) is 7.44 Å². The van der Waals surface area contributed by atoms with E-state index in [0.717, 1.165) is 21.4 Å². The first kappa shape index (κ1) is 21.0. The van der Waals surface area contributed by atoms with E-state index in [1.54, 1.807) is 12.1 Å². The zero-order valence-electron chi connectivity index (χ0n) is 16.2. The van der Waals surface area contributed by atoms with Crippen LogP contribution in [0, 0.1) is 11.3 Å². The van der Waals surface area contributed by atoms with E-state index in [4.69, 9.17) is 11.6 Å². The number of para-hydroxylation sites is 2. The molecule has 0 amide bonds. The van der Waals surface area contributed by atoms with Gasteiger partial charge in [-0.2, -0.15) is 5.26 Å². The highest BCUT2D eigenvalue weighted by Gasteiger charge is 2.50. The van der Waals surface area contributed by atoms with Crippen LogP contribution in [0.3, 0.4) is 0 Å². The van der Waals surface area contributed by atoms with Crippen molar-refractivity contribution < 1.29 is 4.57 Å². The summed E-state index contributed by atoms with van der Waals surface area (Å²) in [6.45, 7) is 1.23. The van der Waals surface area contributed by atoms with Crippen LogP contribution >= 0.6 is 35.0 Å². The van der Waals surface area contributed by atoms with Gasteiger partial charge in [0.1, 0.15) is 0 Å². The second-order valence-corrected chi connectivity index (χ2v) is 11.1. The molecule has 1 atom stereocenters. The smallest absolute Gasteiger partial charge is 0.271 e. The summed E-state index contributed by atoms with van der Waals surface area (Å²) in [4.78, 5) is 0. The fourth-order valence-corrected chi connectivity index (χ4v) is 8.66. The van der Waals surface area contributed by atoms with E-state index in [-0.39, 0.29) is 6.42 Å². The number of anilines is 2. The Morgan fingerprint density at radius 1 is 0.967 bits per heavy atom. The Labute approximate surface area is 190 Å². The SMILES string of the molecule is N#CCC(c1ccc(Cl)cc1Br)P1(=O)N(c2ccccc2)CCN1c1ccccc1. The van der Waals surface area contributed by atoms with Crippen LogP contribution in [0.2, 0.25) is 5.02 Å². The Morgan fingerprint density at radius 2 is 1.50 bits per heavy atom. The van der Waals surface area contributed by atoms with E-state index in [2.05, 4.69) is 22.0 Å². The van der Waals surface area contributed by atoms with Gasteiger partial charge in [0, 0.05) is 34.0 Å². The molecule has 0 spiro atoms. The summed E-state index contributed by atoms with van der Waals surface area (Å²) in [5.74, 6) is 0. The molecule has 3 aromatic carbocycles. The van der Waals surface area contributed by atoms with Crippen molar-refractivity contribution in [3.63, 3.8) is 0 Å². The van der Waals surface area contributed by atoms with Crippen LogP contribution in [0.4, 0.5) is 11.4 Å². The second kappa shape index (κ2) is 8.86. The number of nitriles is 1. The zero-order valence-corrected chi connectivity index (χ0v) is 19.4. The van der Waals surface area contributed by atoms with Gasteiger partial charge in [-0.3, -0.25) is 4.57 Å². The molecular formula is C23H20BrClN3OP. The van der Waals surface area contributed by atoms with Gasteiger partial charge in [-0.15, -0.1) is 0 Å². The Kier molecular flexibility index (Phi) is 6.20. The minimum absolute atomic E-state index is 0.129. The average molecular weight is 501 g/mol. The van der Waals surface area contributed by atoms with Crippen LogP contribution in [0.25, 0.3) is 0 Å². The lowest BCUT2D eigenvalue weighted by molar-refractivity contribution is 0.564. The predicted octanol–water partition coefficient (Wildman–Crippen LogP) is 7.28. The van der Waals surface area contributed by atoms with Gasteiger partial charge in [0.2, 0.25) is 0 Å². The Bertz CT molecular complexity index is 1070. The molecule has 1 aliphatic rings. The average Bonchev–Trinajstić information content (AvgIpc) is 3.12. The van der Waals surface area contributed by atoms with Crippen molar-refractivity contribution in [3.05, 3.63) is 93.9 Å². The van der Waals surface area contributed by atoms with Crippen LogP contribution in [-0.2, 0) is 4.57 Å². The Hall–Kier alpha value is -2.25. The summed E-state index contributed by atoms with van der Waals surface area (Å²) < 4.78 is 19.8. The quantitative estimate of drug-likeness (QED) is 0.345. The van der Waals surface area contributed by atoms with Crippen LogP contribution < -0.4 is 9.34 Å². The molecule has 1 aliphatic heterocycles. The first-order valence-corrected chi connectivity index (χ1v) is 12.5. The first-order chi connectivity index (χ1) is 14.6. The highest BCUT2D eigenvalue weighted by Crippen LogP contribution is 2.70. The van der Waals surface area contributed by atoms with Gasteiger partial charge in [-0.25, -0.2) is 0 Å². The van der Waals surface area contributed by atoms with E-state index in [1.807, 2.05) is 76.1 Å². The number of rotatable bonds is 5. The molecule has 1 saturated heterocycles. The minimum Gasteiger partial charge on any atom is -0.304 e. The highest BCUT2D eigenvalue weighted by molar-refractivity contribution is 9.10. The molecule has 0 bridgehead atoms. The van der Waals surface area contributed by atoms with Crippen molar-refractivity contribution >= 4 is 46.3 Å². The van der Waals surface area contributed by atoms with Gasteiger partial charge >= 0.3 is 0 Å². The van der Waals surface area contributed by atoms with Crippen molar-refractivity contribution in [3.8, 4) is 6.07 Å². The van der Waals surface area contributed by atoms with E-state index in [1.165, 1.54) is 0 Å². The summed E-state index contributed by atoms with van der Waals surface area (Å²) >= 11 is 9.75. The topological polar surface area (TPSA) is 47.3 Å². The first-order valence-electron chi connectivity index (χ1n) is 9.63. The van der Waals surface area contributed by atoms with Crippen molar-refractivity contribution in [1.82, 2.24) is 0 Å². The molecule has 1 heterocycles.